The number of carbonyl (C=O) groups excluding carboxylic acids is 1. The highest BCUT2D eigenvalue weighted by molar-refractivity contribution is 5.95. The van der Waals surface area contributed by atoms with Crippen molar-refractivity contribution in [1.29, 1.82) is 0 Å². The fourth-order valence-electron chi connectivity index (χ4n) is 5.48. The zero-order valence-corrected chi connectivity index (χ0v) is 16.0. The van der Waals surface area contributed by atoms with E-state index < -0.39 is 0 Å². The Morgan fingerprint density at radius 3 is 2.62 bits per heavy atom. The van der Waals surface area contributed by atoms with Crippen molar-refractivity contribution in [2.75, 3.05) is 26.2 Å². The number of benzene rings is 1. The van der Waals surface area contributed by atoms with Gasteiger partial charge in [0.15, 0.2) is 0 Å². The predicted octanol–water partition coefficient (Wildman–Crippen LogP) is 3.23. The fourth-order valence-corrected chi connectivity index (χ4v) is 5.48. The summed E-state index contributed by atoms with van der Waals surface area (Å²) >= 11 is 0. The van der Waals surface area contributed by atoms with E-state index in [2.05, 4.69) is 4.90 Å². The third kappa shape index (κ3) is 3.29. The third-order valence-corrected chi connectivity index (χ3v) is 7.03. The van der Waals surface area contributed by atoms with Crippen molar-refractivity contribution in [3.8, 4) is 0 Å². The molecule has 0 bridgehead atoms. The standard InChI is InChI=1S/C22H32N2O2/c1-17-7-2-5-10-19(17)21(26)24-13-6-12-22(16-24)15-23(14-11-20(22)25)18-8-3-4-9-18/h2,5,7,10,18,20,25H,3-4,6,8-9,11-16H2,1H3/t20-,22-/m1/s1. The Kier molecular flexibility index (Phi) is 5.07. The van der Waals surface area contributed by atoms with Gasteiger partial charge in [-0.2, -0.15) is 0 Å². The second-order valence-corrected chi connectivity index (χ2v) is 8.72. The van der Waals surface area contributed by atoms with Gasteiger partial charge in [0.1, 0.15) is 0 Å². The molecule has 1 spiro atoms. The number of aliphatic hydroxyl groups is 1. The number of rotatable bonds is 2. The van der Waals surface area contributed by atoms with Crippen LogP contribution in [0.15, 0.2) is 24.3 Å². The number of hydrogen-bond acceptors (Lipinski definition) is 3. The molecule has 1 saturated carbocycles. The molecule has 0 aromatic heterocycles. The SMILES string of the molecule is Cc1ccccc1C(=O)N1CCC[C@]2(C1)CN(C1CCCC1)CC[C@H]2O. The summed E-state index contributed by atoms with van der Waals surface area (Å²) in [6.07, 6.45) is 7.89. The highest BCUT2D eigenvalue weighted by Crippen LogP contribution is 2.41. The quantitative estimate of drug-likeness (QED) is 0.885. The van der Waals surface area contributed by atoms with Crippen molar-refractivity contribution in [2.45, 2.75) is 64.0 Å². The van der Waals surface area contributed by atoms with Crippen molar-refractivity contribution < 1.29 is 9.90 Å². The maximum atomic E-state index is 13.1. The molecule has 2 saturated heterocycles. The Balaban J connectivity index is 1.52. The number of hydrogen-bond donors (Lipinski definition) is 1. The Hall–Kier alpha value is -1.39. The number of carbonyl (C=O) groups is 1. The van der Waals surface area contributed by atoms with Crippen LogP contribution in [0.1, 0.15) is 60.9 Å². The summed E-state index contributed by atoms with van der Waals surface area (Å²) < 4.78 is 0. The second kappa shape index (κ2) is 7.32. The molecular weight excluding hydrogens is 324 g/mol. The van der Waals surface area contributed by atoms with Crippen molar-refractivity contribution >= 4 is 5.91 Å². The lowest BCUT2D eigenvalue weighted by atomic mass is 9.71. The zero-order valence-electron chi connectivity index (χ0n) is 16.0. The van der Waals surface area contributed by atoms with Crippen LogP contribution in [-0.2, 0) is 0 Å². The van der Waals surface area contributed by atoms with Gasteiger partial charge in [0, 0.05) is 43.2 Å². The highest BCUT2D eigenvalue weighted by atomic mass is 16.3. The minimum Gasteiger partial charge on any atom is -0.392 e. The van der Waals surface area contributed by atoms with E-state index in [1.54, 1.807) is 0 Å². The molecule has 142 valence electrons. The van der Waals surface area contributed by atoms with Crippen molar-refractivity contribution in [2.24, 2.45) is 5.41 Å². The monoisotopic (exact) mass is 356 g/mol. The van der Waals surface area contributed by atoms with E-state index in [-0.39, 0.29) is 17.4 Å². The number of piperidine rings is 2. The molecule has 1 aliphatic carbocycles. The molecule has 3 fully saturated rings. The summed E-state index contributed by atoms with van der Waals surface area (Å²) in [5.74, 6) is 0.132. The molecule has 1 amide bonds. The lowest BCUT2D eigenvalue weighted by molar-refractivity contribution is -0.0872. The molecule has 4 rings (SSSR count). The van der Waals surface area contributed by atoms with E-state index in [0.717, 1.165) is 50.0 Å². The molecule has 0 radical (unpaired) electrons. The maximum absolute atomic E-state index is 13.1. The van der Waals surface area contributed by atoms with Gasteiger partial charge in [-0.3, -0.25) is 9.69 Å². The van der Waals surface area contributed by atoms with Crippen LogP contribution in [0.4, 0.5) is 0 Å². The molecule has 2 atom stereocenters. The second-order valence-electron chi connectivity index (χ2n) is 8.72. The minimum atomic E-state index is -0.285. The van der Waals surface area contributed by atoms with Gasteiger partial charge in [-0.05, 0) is 50.7 Å². The van der Waals surface area contributed by atoms with E-state index in [1.807, 2.05) is 36.1 Å². The Bertz CT molecular complexity index is 655. The minimum absolute atomic E-state index is 0.132. The lowest BCUT2D eigenvalue weighted by Gasteiger charge is -2.52. The summed E-state index contributed by atoms with van der Waals surface area (Å²) in [7, 11) is 0. The van der Waals surface area contributed by atoms with E-state index in [9.17, 15) is 9.90 Å². The number of aliphatic hydroxyl groups excluding tert-OH is 1. The molecule has 4 nitrogen and oxygen atoms in total. The average Bonchev–Trinajstić information content (AvgIpc) is 3.19. The molecule has 3 aliphatic rings. The Morgan fingerprint density at radius 1 is 1.08 bits per heavy atom. The molecule has 4 heteroatoms. The molecule has 2 aliphatic heterocycles. The van der Waals surface area contributed by atoms with Crippen LogP contribution in [0.25, 0.3) is 0 Å². The zero-order chi connectivity index (χ0) is 18.1. The van der Waals surface area contributed by atoms with Crippen LogP contribution < -0.4 is 0 Å². The summed E-state index contributed by atoms with van der Waals surface area (Å²) in [5, 5.41) is 10.9. The first-order valence-corrected chi connectivity index (χ1v) is 10.4. The molecule has 1 N–H and O–H groups in total. The van der Waals surface area contributed by atoms with Crippen LogP contribution >= 0.6 is 0 Å². The first-order chi connectivity index (χ1) is 12.6. The summed E-state index contributed by atoms with van der Waals surface area (Å²) in [5.41, 5.74) is 1.70. The number of amides is 1. The number of nitrogens with zero attached hydrogens (tertiary/aromatic N) is 2. The van der Waals surface area contributed by atoms with Gasteiger partial charge < -0.3 is 10.0 Å². The Morgan fingerprint density at radius 2 is 1.85 bits per heavy atom. The number of likely N-dealkylation sites (tertiary alicyclic amines) is 2. The molecule has 1 aromatic rings. The lowest BCUT2D eigenvalue weighted by Crippen LogP contribution is -2.61. The summed E-state index contributed by atoms with van der Waals surface area (Å²) in [6.45, 7) is 5.48. The highest BCUT2D eigenvalue weighted by Gasteiger charge is 2.47. The largest absolute Gasteiger partial charge is 0.392 e. The van der Waals surface area contributed by atoms with Gasteiger partial charge in [-0.25, -0.2) is 0 Å². The normalized spacial score (nSPS) is 30.8. The van der Waals surface area contributed by atoms with E-state index in [4.69, 9.17) is 0 Å². The van der Waals surface area contributed by atoms with Gasteiger partial charge in [-0.1, -0.05) is 31.0 Å². The van der Waals surface area contributed by atoms with Gasteiger partial charge in [0.25, 0.3) is 5.91 Å². The van der Waals surface area contributed by atoms with Gasteiger partial charge in [-0.15, -0.1) is 0 Å². The summed E-state index contributed by atoms with van der Waals surface area (Å²) in [4.78, 5) is 17.8. The van der Waals surface area contributed by atoms with E-state index in [0.29, 0.717) is 12.6 Å². The fraction of sp³-hybridized carbons (Fsp3) is 0.682. The third-order valence-electron chi connectivity index (χ3n) is 7.03. The van der Waals surface area contributed by atoms with Gasteiger partial charge in [0.2, 0.25) is 0 Å². The van der Waals surface area contributed by atoms with Crippen molar-refractivity contribution in [3.05, 3.63) is 35.4 Å². The van der Waals surface area contributed by atoms with Crippen LogP contribution in [0, 0.1) is 12.3 Å². The van der Waals surface area contributed by atoms with E-state index >= 15 is 0 Å². The topological polar surface area (TPSA) is 43.8 Å². The van der Waals surface area contributed by atoms with Crippen LogP contribution in [-0.4, -0.2) is 59.1 Å². The Labute approximate surface area is 157 Å². The van der Waals surface area contributed by atoms with E-state index in [1.165, 1.54) is 25.7 Å². The predicted molar refractivity (Wildman–Crippen MR) is 103 cm³/mol. The van der Waals surface area contributed by atoms with Crippen LogP contribution in [0.2, 0.25) is 0 Å². The maximum Gasteiger partial charge on any atom is 0.254 e. The molecule has 1 aromatic carbocycles. The number of aryl methyl sites for hydroxylation is 1. The van der Waals surface area contributed by atoms with Gasteiger partial charge >= 0.3 is 0 Å². The average molecular weight is 357 g/mol. The molecule has 2 heterocycles. The van der Waals surface area contributed by atoms with Crippen LogP contribution in [0.5, 0.6) is 0 Å². The van der Waals surface area contributed by atoms with Gasteiger partial charge in [0.05, 0.1) is 6.10 Å². The van der Waals surface area contributed by atoms with Crippen molar-refractivity contribution in [1.82, 2.24) is 9.80 Å². The summed E-state index contributed by atoms with van der Waals surface area (Å²) in [6, 6.07) is 8.55. The smallest absolute Gasteiger partial charge is 0.254 e. The first kappa shape index (κ1) is 18.0. The molecular formula is C22H32N2O2. The van der Waals surface area contributed by atoms with Crippen LogP contribution in [0.3, 0.4) is 0 Å². The van der Waals surface area contributed by atoms with Crippen molar-refractivity contribution in [3.63, 3.8) is 0 Å². The molecule has 0 unspecified atom stereocenters. The molecule has 26 heavy (non-hydrogen) atoms. The first-order valence-electron chi connectivity index (χ1n) is 10.4.